The molecule has 0 unspecified atom stereocenters. The molecule has 0 aliphatic heterocycles. The van der Waals surface area contributed by atoms with Crippen LogP contribution in [0.1, 0.15) is 31.5 Å². The first kappa shape index (κ1) is 12.8. The summed E-state index contributed by atoms with van der Waals surface area (Å²) in [6.45, 7) is 7.86. The first-order chi connectivity index (χ1) is 8.49. The second kappa shape index (κ2) is 4.90. The minimum absolute atomic E-state index is 0.134. The van der Waals surface area contributed by atoms with E-state index in [1.807, 2.05) is 45.9 Å². The molecule has 1 aromatic heterocycles. The molecule has 0 aliphatic carbocycles. The van der Waals surface area contributed by atoms with Crippen molar-refractivity contribution in [1.82, 2.24) is 4.98 Å². The number of benzene rings is 1. The van der Waals surface area contributed by atoms with E-state index in [2.05, 4.69) is 10.3 Å². The Kier molecular flexibility index (Phi) is 3.48. The number of nitrogens with zero attached hydrogens (tertiary/aromatic N) is 1. The number of aryl methyl sites for hydroxylation is 3. The van der Waals surface area contributed by atoms with Gasteiger partial charge in [0.2, 0.25) is 0 Å². The Bertz CT molecular complexity index is 602. The number of carbonyl (C=O) groups is 1. The number of amides is 1. The highest BCUT2D eigenvalue weighted by atomic mass is 32.1. The maximum atomic E-state index is 12.1. The number of hydrogen-bond donors (Lipinski definition) is 1. The van der Waals surface area contributed by atoms with Crippen LogP contribution in [0.3, 0.4) is 0 Å². The van der Waals surface area contributed by atoms with E-state index in [1.54, 1.807) is 11.3 Å². The Labute approximate surface area is 111 Å². The van der Waals surface area contributed by atoms with Crippen LogP contribution in [0.15, 0.2) is 18.2 Å². The molecule has 0 aliphatic rings. The van der Waals surface area contributed by atoms with E-state index in [9.17, 15) is 4.79 Å². The number of hydrogen-bond acceptors (Lipinski definition) is 3. The van der Waals surface area contributed by atoms with Gasteiger partial charge in [-0.05, 0) is 44.9 Å². The van der Waals surface area contributed by atoms with E-state index in [0.717, 1.165) is 21.1 Å². The molecule has 0 atom stereocenters. The predicted octanol–water partition coefficient (Wildman–Crippen LogP) is 3.63. The molecule has 1 amide bonds. The number of aromatic nitrogens is 1. The Morgan fingerprint density at radius 1 is 1.22 bits per heavy atom. The quantitative estimate of drug-likeness (QED) is 0.896. The fourth-order valence-electron chi connectivity index (χ4n) is 1.81. The van der Waals surface area contributed by atoms with Crippen molar-refractivity contribution in [3.8, 4) is 0 Å². The van der Waals surface area contributed by atoms with Crippen molar-refractivity contribution in [1.29, 1.82) is 0 Å². The normalized spacial score (nSPS) is 10.4. The van der Waals surface area contributed by atoms with E-state index in [0.29, 0.717) is 5.69 Å². The van der Waals surface area contributed by atoms with Crippen LogP contribution in [-0.2, 0) is 0 Å². The van der Waals surface area contributed by atoms with Crippen molar-refractivity contribution >= 4 is 22.9 Å². The highest BCUT2D eigenvalue weighted by molar-refractivity contribution is 7.11. The smallest absolute Gasteiger partial charge is 0.275 e. The summed E-state index contributed by atoms with van der Waals surface area (Å²) in [4.78, 5) is 17.4. The molecule has 2 rings (SSSR count). The topological polar surface area (TPSA) is 42.0 Å². The van der Waals surface area contributed by atoms with Gasteiger partial charge in [0.05, 0.1) is 5.01 Å². The van der Waals surface area contributed by atoms with Gasteiger partial charge in [0.15, 0.2) is 0 Å². The van der Waals surface area contributed by atoms with Crippen LogP contribution in [0.2, 0.25) is 0 Å². The van der Waals surface area contributed by atoms with Gasteiger partial charge in [0.25, 0.3) is 5.91 Å². The molecule has 4 heteroatoms. The molecule has 94 valence electrons. The third-order valence-electron chi connectivity index (χ3n) is 2.97. The molecular formula is C14H16N2OS. The van der Waals surface area contributed by atoms with Crippen molar-refractivity contribution in [2.75, 3.05) is 5.32 Å². The highest BCUT2D eigenvalue weighted by Crippen LogP contribution is 2.21. The number of nitrogens with one attached hydrogen (secondary N) is 1. The number of carbonyl (C=O) groups excluding carboxylic acids is 1. The molecule has 1 heterocycles. The zero-order valence-corrected chi connectivity index (χ0v) is 11.8. The molecule has 0 spiro atoms. The fraction of sp³-hybridized carbons (Fsp3) is 0.286. The van der Waals surface area contributed by atoms with Gasteiger partial charge in [-0.3, -0.25) is 4.79 Å². The lowest BCUT2D eigenvalue weighted by Crippen LogP contribution is -2.14. The molecule has 3 nitrogen and oxygen atoms in total. The van der Waals surface area contributed by atoms with Gasteiger partial charge in [0.1, 0.15) is 5.69 Å². The summed E-state index contributed by atoms with van der Waals surface area (Å²) in [5, 5.41) is 3.84. The van der Waals surface area contributed by atoms with Crippen molar-refractivity contribution < 1.29 is 4.79 Å². The first-order valence-corrected chi connectivity index (χ1v) is 6.62. The number of rotatable bonds is 2. The number of anilines is 1. The molecule has 0 bridgehead atoms. The summed E-state index contributed by atoms with van der Waals surface area (Å²) in [5.74, 6) is -0.134. The fourth-order valence-corrected chi connectivity index (χ4v) is 2.62. The SMILES string of the molecule is Cc1nc(C(=O)Nc2cccc(C)c2C)c(C)s1. The number of thiazole rings is 1. The Hall–Kier alpha value is -1.68. The Morgan fingerprint density at radius 3 is 2.56 bits per heavy atom. The molecule has 1 aromatic carbocycles. The standard InChI is InChI=1S/C14H16N2OS/c1-8-6-5-7-12(9(8)2)16-14(17)13-10(3)18-11(4)15-13/h5-7H,1-4H3,(H,16,17). The molecular weight excluding hydrogens is 244 g/mol. The van der Waals surface area contributed by atoms with Gasteiger partial charge in [-0.2, -0.15) is 0 Å². The summed E-state index contributed by atoms with van der Waals surface area (Å²) in [6, 6.07) is 5.88. The van der Waals surface area contributed by atoms with Crippen LogP contribution in [0.4, 0.5) is 5.69 Å². The zero-order valence-electron chi connectivity index (χ0n) is 11.0. The molecule has 0 saturated heterocycles. The van der Waals surface area contributed by atoms with Crippen molar-refractivity contribution in [3.63, 3.8) is 0 Å². The average Bonchev–Trinajstić information content (AvgIpc) is 2.64. The molecule has 1 N–H and O–H groups in total. The lowest BCUT2D eigenvalue weighted by atomic mass is 10.1. The molecule has 2 aromatic rings. The van der Waals surface area contributed by atoms with Gasteiger partial charge >= 0.3 is 0 Å². The minimum Gasteiger partial charge on any atom is -0.320 e. The van der Waals surface area contributed by atoms with Gasteiger partial charge in [0, 0.05) is 10.6 Å². The third-order valence-corrected chi connectivity index (χ3v) is 3.86. The van der Waals surface area contributed by atoms with Crippen LogP contribution >= 0.6 is 11.3 Å². The van der Waals surface area contributed by atoms with Gasteiger partial charge in [-0.1, -0.05) is 12.1 Å². The van der Waals surface area contributed by atoms with Crippen molar-refractivity contribution in [2.45, 2.75) is 27.7 Å². The largest absolute Gasteiger partial charge is 0.320 e. The van der Waals surface area contributed by atoms with E-state index in [-0.39, 0.29) is 5.91 Å². The van der Waals surface area contributed by atoms with Crippen LogP contribution in [0.25, 0.3) is 0 Å². The monoisotopic (exact) mass is 260 g/mol. The molecule has 0 radical (unpaired) electrons. The Morgan fingerprint density at radius 2 is 1.94 bits per heavy atom. The minimum atomic E-state index is -0.134. The lowest BCUT2D eigenvalue weighted by molar-refractivity contribution is 0.102. The summed E-state index contributed by atoms with van der Waals surface area (Å²) in [6.07, 6.45) is 0. The summed E-state index contributed by atoms with van der Waals surface area (Å²) < 4.78 is 0. The molecule has 0 saturated carbocycles. The zero-order chi connectivity index (χ0) is 13.3. The van der Waals surface area contributed by atoms with E-state index >= 15 is 0 Å². The van der Waals surface area contributed by atoms with E-state index in [1.165, 1.54) is 5.56 Å². The Balaban J connectivity index is 2.27. The van der Waals surface area contributed by atoms with Crippen LogP contribution in [0, 0.1) is 27.7 Å². The van der Waals surface area contributed by atoms with Crippen molar-refractivity contribution in [2.24, 2.45) is 0 Å². The lowest BCUT2D eigenvalue weighted by Gasteiger charge is -2.09. The maximum Gasteiger partial charge on any atom is 0.275 e. The third kappa shape index (κ3) is 2.43. The van der Waals surface area contributed by atoms with Crippen LogP contribution in [0.5, 0.6) is 0 Å². The summed E-state index contributed by atoms with van der Waals surface area (Å²) >= 11 is 1.54. The van der Waals surface area contributed by atoms with Crippen molar-refractivity contribution in [3.05, 3.63) is 44.9 Å². The predicted molar refractivity (Wildman–Crippen MR) is 75.5 cm³/mol. The average molecular weight is 260 g/mol. The first-order valence-electron chi connectivity index (χ1n) is 5.80. The second-order valence-electron chi connectivity index (χ2n) is 4.34. The summed E-state index contributed by atoms with van der Waals surface area (Å²) in [7, 11) is 0. The van der Waals surface area contributed by atoms with Crippen LogP contribution < -0.4 is 5.32 Å². The highest BCUT2D eigenvalue weighted by Gasteiger charge is 2.14. The van der Waals surface area contributed by atoms with Gasteiger partial charge < -0.3 is 5.32 Å². The van der Waals surface area contributed by atoms with E-state index < -0.39 is 0 Å². The second-order valence-corrected chi connectivity index (χ2v) is 5.75. The maximum absolute atomic E-state index is 12.1. The van der Waals surface area contributed by atoms with Gasteiger partial charge in [-0.25, -0.2) is 4.98 Å². The van der Waals surface area contributed by atoms with E-state index in [4.69, 9.17) is 0 Å². The molecule has 18 heavy (non-hydrogen) atoms. The van der Waals surface area contributed by atoms with Gasteiger partial charge in [-0.15, -0.1) is 11.3 Å². The van der Waals surface area contributed by atoms with Crippen LogP contribution in [-0.4, -0.2) is 10.9 Å². The summed E-state index contributed by atoms with van der Waals surface area (Å²) in [5.41, 5.74) is 3.64. The molecule has 0 fully saturated rings.